The maximum absolute atomic E-state index is 13.3. The third kappa shape index (κ3) is 9.67. The predicted molar refractivity (Wildman–Crippen MR) is 189 cm³/mol. The van der Waals surface area contributed by atoms with Crippen LogP contribution >= 0.6 is 23.2 Å². The minimum Gasteiger partial charge on any atom is -0.506 e. The molecule has 0 aliphatic heterocycles. The van der Waals surface area contributed by atoms with E-state index in [2.05, 4.69) is 67.5 Å². The van der Waals surface area contributed by atoms with E-state index >= 15 is 0 Å². The maximum atomic E-state index is 13.3. The Hall–Kier alpha value is -2.21. The zero-order valence-corrected chi connectivity index (χ0v) is 31.2. The fourth-order valence-electron chi connectivity index (χ4n) is 5.07. The van der Waals surface area contributed by atoms with Gasteiger partial charge in [-0.15, -0.1) is 0 Å². The topological polar surface area (TPSA) is 71.3 Å². The fourth-order valence-corrected chi connectivity index (χ4v) is 5.58. The Balaban J connectivity index is 0.00000736. The molecule has 0 saturated carbocycles. The second-order valence-corrected chi connectivity index (χ2v) is 14.7. The number of aliphatic imine (C=N–C) groups is 1. The second kappa shape index (κ2) is 16.8. The van der Waals surface area contributed by atoms with E-state index in [0.717, 1.165) is 36.8 Å². The van der Waals surface area contributed by atoms with Gasteiger partial charge in [0.05, 0.1) is 24.3 Å². The van der Waals surface area contributed by atoms with Gasteiger partial charge in [0.2, 0.25) is 0 Å². The zero-order valence-electron chi connectivity index (χ0n) is 28.7. The van der Waals surface area contributed by atoms with Crippen LogP contribution in [0.3, 0.4) is 0 Å². The first-order chi connectivity index (χ1) is 21.0. The van der Waals surface area contributed by atoms with Gasteiger partial charge >= 0.3 is 0 Å². The molecule has 0 unspecified atom stereocenters. The van der Waals surface area contributed by atoms with Crippen molar-refractivity contribution in [2.75, 3.05) is 13.2 Å². The van der Waals surface area contributed by atoms with E-state index in [1.807, 2.05) is 31.2 Å². The normalized spacial score (nSPS) is 13.0. The number of unbranched alkanes of at least 4 members (excludes halogenated alkanes) is 2. The van der Waals surface area contributed by atoms with Crippen molar-refractivity contribution < 1.29 is 36.8 Å². The second-order valence-electron chi connectivity index (χ2n) is 13.9. The summed E-state index contributed by atoms with van der Waals surface area (Å²) < 4.78 is 12.8. The van der Waals surface area contributed by atoms with Crippen LogP contribution in [0.25, 0.3) is 0 Å². The van der Waals surface area contributed by atoms with Crippen LogP contribution in [0.4, 0.5) is 0 Å². The van der Waals surface area contributed by atoms with Crippen molar-refractivity contribution in [1.29, 1.82) is 0 Å². The number of phenolic OH excluding ortho intramolecular Hbond substituents is 1. The Kier molecular flexibility index (Phi) is 14.6. The molecule has 3 aromatic rings. The molecule has 257 valence electrons. The molecule has 0 aliphatic rings. The number of aromatic hydroxyl groups is 1. The van der Waals surface area contributed by atoms with Crippen LogP contribution in [-0.4, -0.2) is 35.7 Å². The fraction of sp³-hybridized carbons (Fsp3) is 0.500. The van der Waals surface area contributed by atoms with Crippen LogP contribution in [0.5, 0.6) is 17.2 Å². The molecule has 0 amide bonds. The molecule has 0 spiro atoms. The van der Waals surface area contributed by atoms with Crippen molar-refractivity contribution in [1.82, 2.24) is 0 Å². The summed E-state index contributed by atoms with van der Waals surface area (Å²) in [6.45, 7) is 20.0. The average molecular weight is 720 g/mol. The van der Waals surface area contributed by atoms with E-state index in [1.54, 1.807) is 6.07 Å². The van der Waals surface area contributed by atoms with Gasteiger partial charge in [-0.3, -0.25) is 4.99 Å². The summed E-state index contributed by atoms with van der Waals surface area (Å²) in [5.74, 6) is 1.06. The summed E-state index contributed by atoms with van der Waals surface area (Å²) in [7, 11) is 0. The molecule has 1 atom stereocenters. The average Bonchev–Trinajstić information content (AvgIpc) is 2.97. The molecule has 46 heavy (non-hydrogen) atoms. The summed E-state index contributed by atoms with van der Waals surface area (Å²) in [6, 6.07) is 14.4. The number of ether oxygens (including phenoxy) is 2. The van der Waals surface area contributed by atoms with E-state index in [1.165, 1.54) is 12.3 Å². The number of benzene rings is 3. The molecule has 3 aromatic carbocycles. The summed E-state index contributed by atoms with van der Waals surface area (Å²) in [4.78, 5) is 4.86. The molecular formula is C38H51Cl2CuNO4. The van der Waals surface area contributed by atoms with Gasteiger partial charge in [0.25, 0.3) is 0 Å². The summed E-state index contributed by atoms with van der Waals surface area (Å²) in [5, 5.41) is 24.5. The number of hydrogen-bond donors (Lipinski definition) is 2. The van der Waals surface area contributed by atoms with Crippen molar-refractivity contribution in [2.45, 2.75) is 110 Å². The van der Waals surface area contributed by atoms with Crippen molar-refractivity contribution in [3.05, 3.63) is 86.4 Å². The van der Waals surface area contributed by atoms with Crippen LogP contribution in [0, 0.1) is 0 Å². The number of rotatable bonds is 13. The molecular weight excluding hydrogens is 669 g/mol. The molecule has 0 fully saturated rings. The third-order valence-electron chi connectivity index (χ3n) is 8.12. The minimum atomic E-state index is -1.69. The van der Waals surface area contributed by atoms with Gasteiger partial charge in [-0.2, -0.15) is 0 Å². The van der Waals surface area contributed by atoms with Crippen LogP contribution in [-0.2, 0) is 33.5 Å². The van der Waals surface area contributed by atoms with Crippen LogP contribution in [0.15, 0.2) is 53.5 Å². The smallest absolute Gasteiger partial charge is 0.144 e. The molecule has 3 rings (SSSR count). The van der Waals surface area contributed by atoms with E-state index < -0.39 is 11.6 Å². The Labute approximate surface area is 297 Å². The van der Waals surface area contributed by atoms with Gasteiger partial charge in [0.1, 0.15) is 22.8 Å². The largest absolute Gasteiger partial charge is 0.506 e. The maximum Gasteiger partial charge on any atom is 0.144 e. The summed E-state index contributed by atoms with van der Waals surface area (Å²) in [5.41, 5.74) is 1.59. The van der Waals surface area contributed by atoms with Gasteiger partial charge in [0, 0.05) is 45.0 Å². The van der Waals surface area contributed by atoms with Crippen molar-refractivity contribution in [3.63, 3.8) is 0 Å². The molecule has 0 aromatic heterocycles. The minimum absolute atomic E-state index is 0. The Bertz CT molecular complexity index is 1410. The Morgan fingerprint density at radius 3 is 1.65 bits per heavy atom. The number of hydrogen-bond acceptors (Lipinski definition) is 5. The van der Waals surface area contributed by atoms with Crippen molar-refractivity contribution in [2.24, 2.45) is 4.99 Å². The summed E-state index contributed by atoms with van der Waals surface area (Å²) >= 11 is 12.5. The molecule has 0 saturated heterocycles. The van der Waals surface area contributed by atoms with Crippen LogP contribution in [0.1, 0.15) is 116 Å². The van der Waals surface area contributed by atoms with Crippen LogP contribution < -0.4 is 9.47 Å². The molecule has 5 nitrogen and oxygen atoms in total. The van der Waals surface area contributed by atoms with Gasteiger partial charge in [0.15, 0.2) is 0 Å². The van der Waals surface area contributed by atoms with E-state index in [-0.39, 0.29) is 38.7 Å². The number of phenols is 1. The monoisotopic (exact) mass is 718 g/mol. The Morgan fingerprint density at radius 2 is 1.24 bits per heavy atom. The summed E-state index contributed by atoms with van der Waals surface area (Å²) in [6.07, 6.45) is 5.24. The van der Waals surface area contributed by atoms with Gasteiger partial charge in [-0.1, -0.05) is 104 Å². The standard InChI is InChI=1S/C38H51Cl2NO4.Cu/c1-10-12-18-44-33-16-14-27(36(4,5)6)21-30(33)38(43,25(3)41-24-26-20-29(39)23-32(40)35(26)42)31-22-28(37(7,8)9)15-17-34(31)45-19-13-11-2;/h14-17,20-25,42-43H,10-13,18-19H2,1-9H3;/t25-;/m1./s1. The third-order valence-corrected chi connectivity index (χ3v) is 8.63. The van der Waals surface area contributed by atoms with Gasteiger partial charge < -0.3 is 19.7 Å². The first-order valence-corrected chi connectivity index (χ1v) is 16.8. The van der Waals surface area contributed by atoms with E-state index in [0.29, 0.717) is 46.4 Å². The van der Waals surface area contributed by atoms with E-state index in [9.17, 15) is 10.2 Å². The molecule has 1 radical (unpaired) electrons. The quantitative estimate of drug-likeness (QED) is 0.105. The molecule has 0 heterocycles. The molecule has 8 heteroatoms. The molecule has 0 bridgehead atoms. The predicted octanol–water partition coefficient (Wildman–Crippen LogP) is 10.4. The molecule has 0 aliphatic carbocycles. The first kappa shape index (κ1) is 40.0. The van der Waals surface area contributed by atoms with Crippen LogP contribution in [0.2, 0.25) is 10.0 Å². The Morgan fingerprint density at radius 1 is 0.783 bits per heavy atom. The number of halogens is 2. The van der Waals surface area contributed by atoms with Gasteiger partial charge in [-0.25, -0.2) is 0 Å². The zero-order chi connectivity index (χ0) is 33.6. The van der Waals surface area contributed by atoms with E-state index in [4.69, 9.17) is 37.7 Å². The van der Waals surface area contributed by atoms with Crippen molar-refractivity contribution >= 4 is 29.4 Å². The molecule has 2 N–H and O–H groups in total. The first-order valence-electron chi connectivity index (χ1n) is 16.0. The number of nitrogens with zero attached hydrogens (tertiary/aromatic N) is 1. The van der Waals surface area contributed by atoms with Crippen molar-refractivity contribution in [3.8, 4) is 17.2 Å². The van der Waals surface area contributed by atoms with Gasteiger partial charge in [-0.05, 0) is 78.1 Å². The number of aliphatic hydroxyl groups is 1. The SMILES string of the molecule is CCCCOc1ccc(C(C)(C)C)cc1C(O)(c1cc(C(C)(C)C)ccc1OCCCC)[C@@H](C)N=Cc1cc(Cl)cc(Cl)c1O.[Cu].